The molecule has 1 aliphatic rings. The van der Waals surface area contributed by atoms with E-state index in [9.17, 15) is 9.59 Å². The summed E-state index contributed by atoms with van der Waals surface area (Å²) in [4.78, 5) is 33.1. The highest BCUT2D eigenvalue weighted by Crippen LogP contribution is 2.28. The van der Waals surface area contributed by atoms with Gasteiger partial charge in [0, 0.05) is 33.2 Å². The Morgan fingerprint density at radius 1 is 1.10 bits per heavy atom. The Labute approximate surface area is 170 Å². The second-order valence-electron chi connectivity index (χ2n) is 8.17. The quantitative estimate of drug-likeness (QED) is 0.602. The molecule has 1 aliphatic heterocycles. The molecule has 7 nitrogen and oxygen atoms in total. The van der Waals surface area contributed by atoms with Crippen molar-refractivity contribution in [2.45, 2.75) is 52.7 Å². The van der Waals surface area contributed by atoms with Crippen LogP contribution in [0.25, 0.3) is 11.2 Å². The monoisotopic (exact) mass is 395 g/mol. The molecule has 0 aliphatic carbocycles. The van der Waals surface area contributed by atoms with Crippen molar-refractivity contribution >= 4 is 17.1 Å². The first-order chi connectivity index (χ1) is 14.0. The van der Waals surface area contributed by atoms with Gasteiger partial charge in [0.1, 0.15) is 0 Å². The number of aryl methyl sites for hydroxylation is 1. The molecule has 0 saturated heterocycles. The first kappa shape index (κ1) is 19.5. The molecule has 0 amide bonds. The topological polar surface area (TPSA) is 65.1 Å². The molecule has 2 aromatic heterocycles. The number of aromatic nitrogens is 4. The minimum Gasteiger partial charge on any atom is -0.338 e. The lowest BCUT2D eigenvalue weighted by Crippen LogP contribution is -2.41. The molecule has 4 rings (SSSR count). The molecule has 0 spiro atoms. The molecule has 7 heteroatoms. The van der Waals surface area contributed by atoms with Gasteiger partial charge in [0.05, 0.1) is 0 Å². The van der Waals surface area contributed by atoms with Crippen LogP contribution in [0.4, 0.5) is 5.95 Å². The van der Waals surface area contributed by atoms with Crippen LogP contribution in [0.2, 0.25) is 0 Å². The molecule has 0 unspecified atom stereocenters. The third-order valence-electron chi connectivity index (χ3n) is 5.72. The number of hydrogen-bond acceptors (Lipinski definition) is 4. The number of rotatable bonds is 6. The first-order valence-electron chi connectivity index (χ1n) is 10.5. The maximum absolute atomic E-state index is 13.3. The zero-order valence-corrected chi connectivity index (χ0v) is 17.5. The summed E-state index contributed by atoms with van der Waals surface area (Å²) in [7, 11) is 1.71. The molecule has 0 saturated carbocycles. The van der Waals surface area contributed by atoms with Crippen LogP contribution >= 0.6 is 0 Å². The molecule has 0 N–H and O–H groups in total. The fraction of sp³-hybridized carbons (Fsp3) is 0.500. The van der Waals surface area contributed by atoms with E-state index < -0.39 is 0 Å². The fourth-order valence-corrected chi connectivity index (χ4v) is 4.26. The molecule has 1 atom stereocenters. The van der Waals surface area contributed by atoms with Crippen molar-refractivity contribution in [2.24, 2.45) is 13.0 Å². The molecule has 29 heavy (non-hydrogen) atoms. The molecular formula is C22H29N5O2. The Morgan fingerprint density at radius 3 is 2.59 bits per heavy atom. The molecular weight excluding hydrogens is 366 g/mol. The molecule has 1 aromatic carbocycles. The van der Waals surface area contributed by atoms with Crippen molar-refractivity contribution in [2.75, 3.05) is 11.4 Å². The van der Waals surface area contributed by atoms with E-state index in [1.807, 2.05) is 22.8 Å². The minimum absolute atomic E-state index is 0.216. The number of anilines is 1. The number of nitrogens with zero attached hydrogens (tertiary/aromatic N) is 5. The number of hydrogen-bond donors (Lipinski definition) is 0. The molecule has 154 valence electrons. The van der Waals surface area contributed by atoms with Crippen molar-refractivity contribution in [1.29, 1.82) is 0 Å². The Kier molecular flexibility index (Phi) is 5.30. The Bertz CT molecular complexity index is 1130. The number of benzene rings is 1. The molecule has 0 bridgehead atoms. The molecule has 0 radical (unpaired) electrons. The van der Waals surface area contributed by atoms with Gasteiger partial charge < -0.3 is 9.47 Å². The Hall–Kier alpha value is -2.83. The summed E-state index contributed by atoms with van der Waals surface area (Å²) >= 11 is 0. The van der Waals surface area contributed by atoms with Crippen molar-refractivity contribution in [1.82, 2.24) is 18.7 Å². The lowest BCUT2D eigenvalue weighted by molar-refractivity contribution is 0.434. The van der Waals surface area contributed by atoms with Gasteiger partial charge in [-0.15, -0.1) is 0 Å². The van der Waals surface area contributed by atoms with Crippen LogP contribution in [0, 0.1) is 5.92 Å². The predicted octanol–water partition coefficient (Wildman–Crippen LogP) is 2.74. The summed E-state index contributed by atoms with van der Waals surface area (Å²) in [6.07, 6.45) is 2.88. The smallest absolute Gasteiger partial charge is 0.332 e. The van der Waals surface area contributed by atoms with E-state index in [4.69, 9.17) is 4.98 Å². The van der Waals surface area contributed by atoms with Crippen molar-refractivity contribution in [3.63, 3.8) is 0 Å². The number of fused-ring (bicyclic) bond motifs is 3. The van der Waals surface area contributed by atoms with Crippen molar-refractivity contribution in [3.8, 4) is 0 Å². The van der Waals surface area contributed by atoms with E-state index in [-0.39, 0.29) is 11.2 Å². The second kappa shape index (κ2) is 7.89. The van der Waals surface area contributed by atoms with Crippen LogP contribution in [0.15, 0.2) is 39.9 Å². The van der Waals surface area contributed by atoms with E-state index in [0.717, 1.165) is 44.8 Å². The highest BCUT2D eigenvalue weighted by atomic mass is 16.2. The van der Waals surface area contributed by atoms with Crippen molar-refractivity contribution < 1.29 is 0 Å². The highest BCUT2D eigenvalue weighted by Gasteiger charge is 2.28. The summed E-state index contributed by atoms with van der Waals surface area (Å²) in [5.74, 6) is 1.16. The Morgan fingerprint density at radius 2 is 1.86 bits per heavy atom. The lowest BCUT2D eigenvalue weighted by atomic mass is 10.1. The van der Waals surface area contributed by atoms with Crippen molar-refractivity contribution in [3.05, 3.63) is 56.7 Å². The summed E-state index contributed by atoms with van der Waals surface area (Å²) in [6, 6.07) is 10.3. The van der Waals surface area contributed by atoms with Crippen LogP contribution in [0.5, 0.6) is 0 Å². The number of unbranched alkanes of at least 4 members (excludes halogenated alkanes) is 2. The highest BCUT2D eigenvalue weighted by molar-refractivity contribution is 5.75. The summed E-state index contributed by atoms with van der Waals surface area (Å²) in [5, 5.41) is 0. The zero-order valence-electron chi connectivity index (χ0n) is 17.5. The van der Waals surface area contributed by atoms with E-state index in [1.54, 1.807) is 7.05 Å². The number of imidazole rings is 1. The summed E-state index contributed by atoms with van der Waals surface area (Å²) in [6.45, 7) is 7.09. The average molecular weight is 396 g/mol. The lowest BCUT2D eigenvalue weighted by Gasteiger charge is -2.33. The summed E-state index contributed by atoms with van der Waals surface area (Å²) in [5.41, 5.74) is 1.73. The van der Waals surface area contributed by atoms with Crippen LogP contribution < -0.4 is 16.1 Å². The third-order valence-corrected chi connectivity index (χ3v) is 5.72. The maximum Gasteiger partial charge on any atom is 0.332 e. The maximum atomic E-state index is 13.3. The van der Waals surface area contributed by atoms with Gasteiger partial charge >= 0.3 is 5.69 Å². The van der Waals surface area contributed by atoms with Crippen LogP contribution in [0.3, 0.4) is 0 Å². The average Bonchev–Trinajstić information content (AvgIpc) is 3.09. The third kappa shape index (κ3) is 3.50. The summed E-state index contributed by atoms with van der Waals surface area (Å²) < 4.78 is 4.93. The largest absolute Gasteiger partial charge is 0.338 e. The predicted molar refractivity (Wildman–Crippen MR) is 115 cm³/mol. The minimum atomic E-state index is -0.281. The molecule has 3 aromatic rings. The van der Waals surface area contributed by atoms with Gasteiger partial charge in [0.15, 0.2) is 11.2 Å². The van der Waals surface area contributed by atoms with Crippen LogP contribution in [-0.4, -0.2) is 25.2 Å². The standard InChI is InChI=1S/C22H29N5O2/c1-4-5-9-12-26-20(28)18-19(24(3)22(26)29)23-21-25(13-16(2)14-27(18)21)15-17-10-7-6-8-11-17/h6-8,10-11,16H,4-5,9,12-15H2,1-3H3/t16-/m1/s1. The SMILES string of the molecule is CCCCCn1c(=O)c2c(nc3n2C[C@H](C)CN3Cc2ccccc2)n(C)c1=O. The van der Waals surface area contributed by atoms with E-state index in [0.29, 0.717) is 23.6 Å². The fourth-order valence-electron chi connectivity index (χ4n) is 4.26. The Balaban J connectivity index is 1.84. The zero-order chi connectivity index (χ0) is 20.5. The van der Waals surface area contributed by atoms with Gasteiger partial charge in [-0.1, -0.05) is 57.0 Å². The van der Waals surface area contributed by atoms with Crippen LogP contribution in [-0.2, 0) is 26.7 Å². The van der Waals surface area contributed by atoms with Gasteiger partial charge in [-0.25, -0.2) is 4.79 Å². The van der Waals surface area contributed by atoms with Gasteiger partial charge in [0.25, 0.3) is 5.56 Å². The molecule has 0 fully saturated rings. The van der Waals surface area contributed by atoms with Gasteiger partial charge in [-0.2, -0.15) is 4.98 Å². The van der Waals surface area contributed by atoms with E-state index >= 15 is 0 Å². The van der Waals surface area contributed by atoms with Gasteiger partial charge in [-0.05, 0) is 17.9 Å². The van der Waals surface area contributed by atoms with E-state index in [1.165, 1.54) is 14.7 Å². The van der Waals surface area contributed by atoms with Gasteiger partial charge in [-0.3, -0.25) is 13.9 Å². The van der Waals surface area contributed by atoms with Gasteiger partial charge in [0.2, 0.25) is 5.95 Å². The van der Waals surface area contributed by atoms with Crippen LogP contribution in [0.1, 0.15) is 38.7 Å². The molecule has 3 heterocycles. The van der Waals surface area contributed by atoms with E-state index in [2.05, 4.69) is 30.9 Å². The second-order valence-corrected chi connectivity index (χ2v) is 8.17. The first-order valence-corrected chi connectivity index (χ1v) is 10.5. The normalized spacial score (nSPS) is 16.4.